The van der Waals surface area contributed by atoms with Gasteiger partial charge in [0, 0.05) is 30.2 Å². The summed E-state index contributed by atoms with van der Waals surface area (Å²) in [5, 5.41) is 10.0. The lowest BCUT2D eigenvalue weighted by molar-refractivity contribution is 0.467. The van der Waals surface area contributed by atoms with Gasteiger partial charge in [0.2, 0.25) is 5.78 Å². The Bertz CT molecular complexity index is 885. The first kappa shape index (κ1) is 13.4. The Morgan fingerprint density at radius 2 is 2.14 bits per heavy atom. The third-order valence-corrected chi connectivity index (χ3v) is 3.22. The van der Waals surface area contributed by atoms with Gasteiger partial charge in [0.15, 0.2) is 0 Å². The third-order valence-electron chi connectivity index (χ3n) is 2.73. The highest BCUT2D eigenvalue weighted by molar-refractivity contribution is 7.86. The first-order chi connectivity index (χ1) is 9.92. The highest BCUT2D eigenvalue weighted by Crippen LogP contribution is 2.32. The summed E-state index contributed by atoms with van der Waals surface area (Å²) in [6, 6.07) is 5.99. The average Bonchev–Trinajstić information content (AvgIpc) is 2.80. The summed E-state index contributed by atoms with van der Waals surface area (Å²) < 4.78 is 28.5. The Morgan fingerprint density at radius 1 is 1.33 bits per heavy atom. The van der Waals surface area contributed by atoms with Crippen LogP contribution in [0.25, 0.3) is 17.0 Å². The van der Waals surface area contributed by atoms with Gasteiger partial charge in [-0.1, -0.05) is 0 Å². The standard InChI is InChI=1S/C13H11N3O4S/c1-21(18,19)20-9-3-4-10(12(17)7-9)11-8-16-6-2-5-14-13(16)15-11/h2-8,17H,1H3. The van der Waals surface area contributed by atoms with Crippen LogP contribution in [-0.4, -0.2) is 34.1 Å². The van der Waals surface area contributed by atoms with E-state index < -0.39 is 10.1 Å². The molecule has 0 spiro atoms. The molecule has 2 aromatic heterocycles. The lowest BCUT2D eigenvalue weighted by Gasteiger charge is -2.05. The molecule has 3 aromatic rings. The van der Waals surface area contributed by atoms with Crippen molar-refractivity contribution >= 4 is 15.9 Å². The van der Waals surface area contributed by atoms with Crippen molar-refractivity contribution in [1.82, 2.24) is 14.4 Å². The van der Waals surface area contributed by atoms with Crippen LogP contribution in [0.4, 0.5) is 0 Å². The van der Waals surface area contributed by atoms with Gasteiger partial charge in [-0.2, -0.15) is 8.42 Å². The fourth-order valence-electron chi connectivity index (χ4n) is 1.91. The number of hydrogen-bond donors (Lipinski definition) is 1. The van der Waals surface area contributed by atoms with Gasteiger partial charge in [0.05, 0.1) is 11.9 Å². The van der Waals surface area contributed by atoms with E-state index >= 15 is 0 Å². The molecule has 1 aromatic carbocycles. The maximum absolute atomic E-state index is 11.1. The molecule has 0 unspecified atom stereocenters. The monoisotopic (exact) mass is 305 g/mol. The second kappa shape index (κ2) is 4.74. The molecule has 2 heterocycles. The van der Waals surface area contributed by atoms with Crippen molar-refractivity contribution in [3.8, 4) is 22.8 Å². The highest BCUT2D eigenvalue weighted by Gasteiger charge is 2.12. The van der Waals surface area contributed by atoms with Crippen LogP contribution in [0.15, 0.2) is 42.9 Å². The number of nitrogens with zero attached hydrogens (tertiary/aromatic N) is 3. The Hall–Kier alpha value is -2.61. The quantitative estimate of drug-likeness (QED) is 0.736. The number of aromatic nitrogens is 3. The molecule has 3 rings (SSSR count). The molecular weight excluding hydrogens is 294 g/mol. The van der Waals surface area contributed by atoms with Crippen LogP contribution in [-0.2, 0) is 10.1 Å². The number of benzene rings is 1. The fraction of sp³-hybridized carbons (Fsp3) is 0.0769. The van der Waals surface area contributed by atoms with Crippen LogP contribution in [0.3, 0.4) is 0 Å². The SMILES string of the molecule is CS(=O)(=O)Oc1ccc(-c2cn3cccnc3n2)c(O)c1. The van der Waals surface area contributed by atoms with E-state index in [4.69, 9.17) is 4.18 Å². The number of aromatic hydroxyl groups is 1. The summed E-state index contributed by atoms with van der Waals surface area (Å²) in [5.74, 6) is 0.420. The predicted octanol–water partition coefficient (Wildman–Crippen LogP) is 1.44. The Balaban J connectivity index is 2.02. The van der Waals surface area contributed by atoms with Crippen molar-refractivity contribution in [1.29, 1.82) is 0 Å². The van der Waals surface area contributed by atoms with Crippen molar-refractivity contribution in [2.24, 2.45) is 0 Å². The Kier molecular flexibility index (Phi) is 3.02. The van der Waals surface area contributed by atoms with E-state index in [1.807, 2.05) is 0 Å². The van der Waals surface area contributed by atoms with E-state index in [0.29, 0.717) is 17.0 Å². The first-order valence-corrected chi connectivity index (χ1v) is 7.76. The molecule has 0 amide bonds. The fourth-order valence-corrected chi connectivity index (χ4v) is 2.37. The van der Waals surface area contributed by atoms with Gasteiger partial charge >= 0.3 is 10.1 Å². The molecule has 0 radical (unpaired) electrons. The van der Waals surface area contributed by atoms with Gasteiger partial charge in [-0.3, -0.25) is 4.40 Å². The maximum atomic E-state index is 11.1. The van der Waals surface area contributed by atoms with Gasteiger partial charge in [0.25, 0.3) is 0 Å². The minimum atomic E-state index is -3.63. The van der Waals surface area contributed by atoms with Gasteiger partial charge < -0.3 is 9.29 Å². The summed E-state index contributed by atoms with van der Waals surface area (Å²) in [6.07, 6.45) is 6.06. The molecule has 0 aliphatic heterocycles. The summed E-state index contributed by atoms with van der Waals surface area (Å²) in [6.45, 7) is 0. The minimum Gasteiger partial charge on any atom is -0.507 e. The van der Waals surface area contributed by atoms with Crippen molar-refractivity contribution < 1.29 is 17.7 Å². The number of rotatable bonds is 3. The third kappa shape index (κ3) is 2.79. The molecule has 21 heavy (non-hydrogen) atoms. The number of phenols is 1. The van der Waals surface area contributed by atoms with Crippen LogP contribution in [0.1, 0.15) is 0 Å². The topological polar surface area (TPSA) is 93.8 Å². The van der Waals surface area contributed by atoms with E-state index in [-0.39, 0.29) is 11.5 Å². The molecule has 0 bridgehead atoms. The summed E-state index contributed by atoms with van der Waals surface area (Å²) >= 11 is 0. The van der Waals surface area contributed by atoms with Gasteiger partial charge in [-0.15, -0.1) is 0 Å². The zero-order chi connectivity index (χ0) is 15.0. The van der Waals surface area contributed by atoms with E-state index in [1.54, 1.807) is 29.1 Å². The summed E-state index contributed by atoms with van der Waals surface area (Å²) in [4.78, 5) is 8.37. The smallest absolute Gasteiger partial charge is 0.306 e. The van der Waals surface area contributed by atoms with Crippen LogP contribution >= 0.6 is 0 Å². The number of hydrogen-bond acceptors (Lipinski definition) is 6. The van der Waals surface area contributed by atoms with Gasteiger partial charge in [-0.25, -0.2) is 9.97 Å². The lowest BCUT2D eigenvalue weighted by atomic mass is 10.1. The van der Waals surface area contributed by atoms with Gasteiger partial charge in [-0.05, 0) is 18.2 Å². The lowest BCUT2D eigenvalue weighted by Crippen LogP contribution is -2.05. The molecule has 0 aliphatic carbocycles. The zero-order valence-electron chi connectivity index (χ0n) is 11.0. The molecule has 8 heteroatoms. The van der Waals surface area contributed by atoms with Crippen molar-refractivity contribution in [3.05, 3.63) is 42.9 Å². The van der Waals surface area contributed by atoms with Crippen LogP contribution in [0.5, 0.6) is 11.5 Å². The number of fused-ring (bicyclic) bond motifs is 1. The van der Waals surface area contributed by atoms with E-state index in [9.17, 15) is 13.5 Å². The molecule has 108 valence electrons. The van der Waals surface area contributed by atoms with Crippen molar-refractivity contribution in [2.45, 2.75) is 0 Å². The number of imidazole rings is 1. The van der Waals surface area contributed by atoms with E-state index in [2.05, 4.69) is 9.97 Å². The van der Waals surface area contributed by atoms with Crippen LogP contribution in [0, 0.1) is 0 Å². The summed E-state index contributed by atoms with van der Waals surface area (Å²) in [7, 11) is -3.63. The summed E-state index contributed by atoms with van der Waals surface area (Å²) in [5.41, 5.74) is 0.985. The largest absolute Gasteiger partial charge is 0.507 e. The Labute approximate surface area is 120 Å². The molecule has 0 saturated carbocycles. The zero-order valence-corrected chi connectivity index (χ0v) is 11.8. The molecule has 1 N–H and O–H groups in total. The molecule has 7 nitrogen and oxygen atoms in total. The van der Waals surface area contributed by atoms with Crippen LogP contribution < -0.4 is 4.18 Å². The molecular formula is C13H11N3O4S. The first-order valence-electron chi connectivity index (χ1n) is 5.95. The molecule has 0 aliphatic rings. The molecule has 0 fully saturated rings. The van der Waals surface area contributed by atoms with Crippen molar-refractivity contribution in [3.63, 3.8) is 0 Å². The second-order valence-corrected chi connectivity index (χ2v) is 5.99. The average molecular weight is 305 g/mol. The molecule has 0 saturated heterocycles. The minimum absolute atomic E-state index is 0.0423. The van der Waals surface area contributed by atoms with Crippen LogP contribution in [0.2, 0.25) is 0 Å². The Morgan fingerprint density at radius 3 is 2.81 bits per heavy atom. The van der Waals surface area contributed by atoms with Gasteiger partial charge in [0.1, 0.15) is 11.5 Å². The second-order valence-electron chi connectivity index (χ2n) is 4.42. The maximum Gasteiger partial charge on any atom is 0.306 e. The normalized spacial score (nSPS) is 11.7. The van der Waals surface area contributed by atoms with Crippen molar-refractivity contribution in [2.75, 3.05) is 6.26 Å². The molecule has 0 atom stereocenters. The predicted molar refractivity (Wildman–Crippen MR) is 75.6 cm³/mol. The number of phenolic OH excluding ortho intramolecular Hbond substituents is 1. The van der Waals surface area contributed by atoms with E-state index in [1.165, 1.54) is 18.2 Å². The van der Waals surface area contributed by atoms with E-state index in [0.717, 1.165) is 6.26 Å². The highest BCUT2D eigenvalue weighted by atomic mass is 32.2.